The molecule has 0 bridgehead atoms. The molecule has 4 aliphatic carbocycles. The molecule has 0 amide bonds. The van der Waals surface area contributed by atoms with Crippen molar-refractivity contribution in [3.63, 3.8) is 0 Å². The van der Waals surface area contributed by atoms with Gasteiger partial charge in [-0.1, -0.05) is 37.8 Å². The van der Waals surface area contributed by atoms with E-state index in [1.54, 1.807) is 0 Å². The Labute approximate surface area is 159 Å². The molecule has 0 aromatic carbocycles. The first-order chi connectivity index (χ1) is 12.5. The summed E-state index contributed by atoms with van der Waals surface area (Å²) in [6.07, 6.45) is 16.0. The molecule has 0 spiro atoms. The number of allylic oxidation sites excluding steroid dienone is 3. The van der Waals surface area contributed by atoms with Crippen LogP contribution in [0.3, 0.4) is 0 Å². The lowest BCUT2D eigenvalue weighted by atomic mass is 9.44. The Morgan fingerprint density at radius 1 is 1.00 bits per heavy atom. The molecule has 0 aliphatic heterocycles. The highest BCUT2D eigenvalue weighted by Crippen LogP contribution is 2.68. The third kappa shape index (κ3) is 2.50. The van der Waals surface area contributed by atoms with Gasteiger partial charge in [0.2, 0.25) is 0 Å². The van der Waals surface area contributed by atoms with E-state index in [-0.39, 0.29) is 6.04 Å². The summed E-state index contributed by atoms with van der Waals surface area (Å²) >= 11 is 0. The second-order valence-electron chi connectivity index (χ2n) is 10.4. The van der Waals surface area contributed by atoms with E-state index in [2.05, 4.69) is 44.7 Å². The monoisotopic (exact) mass is 355 g/mol. The average Bonchev–Trinajstić information content (AvgIpc) is 2.99. The van der Waals surface area contributed by atoms with Gasteiger partial charge in [0.05, 0.1) is 6.04 Å². The summed E-state index contributed by atoms with van der Waals surface area (Å²) in [6.45, 7) is 11.5. The predicted molar refractivity (Wildman–Crippen MR) is 109 cm³/mol. The Morgan fingerprint density at radius 3 is 2.42 bits per heavy atom. The maximum absolute atomic E-state index is 11.1. The molecule has 2 heteroatoms. The number of fused-ring (bicyclic) bond motifs is 5. The third-order valence-electron chi connectivity index (χ3n) is 9.76. The molecule has 0 saturated heterocycles. The highest BCUT2D eigenvalue weighted by Gasteiger charge is 2.60. The Kier molecular flexibility index (Phi) is 4.68. The molecule has 0 N–H and O–H groups in total. The lowest BCUT2D eigenvalue weighted by Crippen LogP contribution is -2.53. The molecular weight excluding hydrogens is 318 g/mol. The van der Waals surface area contributed by atoms with Crippen molar-refractivity contribution in [2.75, 3.05) is 0 Å². The summed E-state index contributed by atoms with van der Waals surface area (Å²) in [5, 5.41) is 3.42. The van der Waals surface area contributed by atoms with Crippen LogP contribution in [0.25, 0.3) is 0 Å². The lowest BCUT2D eigenvalue weighted by Gasteiger charge is -2.61. The van der Waals surface area contributed by atoms with Gasteiger partial charge < -0.3 is 0 Å². The quantitative estimate of drug-likeness (QED) is 0.399. The molecule has 4 fully saturated rings. The summed E-state index contributed by atoms with van der Waals surface area (Å²) in [5.41, 5.74) is 2.43. The molecule has 4 aliphatic rings. The molecule has 4 unspecified atom stereocenters. The number of nitroso groups, excluding NO2 is 1. The van der Waals surface area contributed by atoms with Gasteiger partial charge in [-0.25, -0.2) is 0 Å². The molecule has 26 heavy (non-hydrogen) atoms. The smallest absolute Gasteiger partial charge is 0.0922 e. The first kappa shape index (κ1) is 18.4. The Hall–Kier alpha value is -0.920. The summed E-state index contributed by atoms with van der Waals surface area (Å²) in [7, 11) is 0. The number of hydrogen-bond donors (Lipinski definition) is 0. The molecule has 0 heterocycles. The number of nitrogens with zero attached hydrogens (tertiary/aromatic N) is 1. The van der Waals surface area contributed by atoms with Crippen molar-refractivity contribution in [3.8, 4) is 0 Å². The van der Waals surface area contributed by atoms with Crippen LogP contribution in [0, 0.1) is 45.3 Å². The van der Waals surface area contributed by atoms with Gasteiger partial charge in [-0.3, -0.25) is 0 Å². The molecule has 8 atom stereocenters. The van der Waals surface area contributed by atoms with Crippen LogP contribution in [0.1, 0.15) is 78.6 Å². The van der Waals surface area contributed by atoms with E-state index in [0.717, 1.165) is 42.4 Å². The average molecular weight is 356 g/mol. The van der Waals surface area contributed by atoms with Gasteiger partial charge in [-0.05, 0) is 111 Å². The van der Waals surface area contributed by atoms with E-state index < -0.39 is 0 Å². The van der Waals surface area contributed by atoms with E-state index in [4.69, 9.17) is 0 Å². The molecule has 4 rings (SSSR count). The Bertz CT molecular complexity index is 609. The van der Waals surface area contributed by atoms with E-state index in [1.165, 1.54) is 50.5 Å². The van der Waals surface area contributed by atoms with Crippen LogP contribution in [-0.4, -0.2) is 6.04 Å². The number of hydrogen-bond acceptors (Lipinski definition) is 2. The van der Waals surface area contributed by atoms with Crippen molar-refractivity contribution in [1.82, 2.24) is 0 Å². The zero-order valence-corrected chi connectivity index (χ0v) is 17.0. The topological polar surface area (TPSA) is 29.4 Å². The van der Waals surface area contributed by atoms with Crippen molar-refractivity contribution in [1.29, 1.82) is 0 Å². The molecule has 144 valence electrons. The van der Waals surface area contributed by atoms with E-state index >= 15 is 0 Å². The van der Waals surface area contributed by atoms with Crippen molar-refractivity contribution in [2.24, 2.45) is 45.6 Å². The molecular formula is C24H37NO. The third-order valence-corrected chi connectivity index (χ3v) is 9.76. The summed E-state index contributed by atoms with van der Waals surface area (Å²) in [5.74, 6) is 4.13. The zero-order valence-electron chi connectivity index (χ0n) is 17.0. The van der Waals surface area contributed by atoms with Gasteiger partial charge in [0, 0.05) is 0 Å². The predicted octanol–water partition coefficient (Wildman–Crippen LogP) is 6.91. The number of rotatable bonds is 3. The van der Waals surface area contributed by atoms with Gasteiger partial charge in [0.15, 0.2) is 0 Å². The first-order valence-electron chi connectivity index (χ1n) is 11.1. The van der Waals surface area contributed by atoms with Crippen molar-refractivity contribution < 1.29 is 0 Å². The Morgan fingerprint density at radius 2 is 1.73 bits per heavy atom. The lowest BCUT2D eigenvalue weighted by molar-refractivity contribution is -0.110. The fourth-order valence-electron chi connectivity index (χ4n) is 8.34. The Balaban J connectivity index is 1.59. The minimum Gasteiger partial charge on any atom is -0.151 e. The van der Waals surface area contributed by atoms with Crippen LogP contribution in [-0.2, 0) is 0 Å². The van der Waals surface area contributed by atoms with Gasteiger partial charge >= 0.3 is 0 Å². The second-order valence-corrected chi connectivity index (χ2v) is 10.4. The van der Waals surface area contributed by atoms with Crippen molar-refractivity contribution in [3.05, 3.63) is 29.2 Å². The molecule has 0 radical (unpaired) electrons. The van der Waals surface area contributed by atoms with Crippen LogP contribution in [0.4, 0.5) is 0 Å². The first-order valence-corrected chi connectivity index (χ1v) is 11.1. The van der Waals surface area contributed by atoms with Crippen LogP contribution in [0.2, 0.25) is 0 Å². The van der Waals surface area contributed by atoms with Crippen LogP contribution in [0.15, 0.2) is 29.5 Å². The molecule has 2 nitrogen and oxygen atoms in total. The summed E-state index contributed by atoms with van der Waals surface area (Å²) < 4.78 is 0. The second kappa shape index (κ2) is 6.60. The van der Waals surface area contributed by atoms with Gasteiger partial charge in [0.1, 0.15) is 0 Å². The van der Waals surface area contributed by atoms with Gasteiger partial charge in [-0.2, -0.15) is 4.91 Å². The fraction of sp³-hybridized carbons (Fsp3) is 0.833. The van der Waals surface area contributed by atoms with Crippen LogP contribution < -0.4 is 0 Å². The standard InChI is InChI=1S/C24H37NO/c1-5-16(6-2)20-9-10-21-19-8-7-17-15-18(25-26)11-13-23(17,3)22(19)12-14-24(20,21)4/h5-6,17-22H,1,7-15H2,2-4H3/b16-6+/t17?,18-,19?,20+,21?,22?,23-,24+/m0/s1. The molecule has 4 saturated carbocycles. The minimum atomic E-state index is 0.0965. The molecule has 0 aromatic rings. The van der Waals surface area contributed by atoms with E-state index in [9.17, 15) is 4.91 Å². The minimum absolute atomic E-state index is 0.0965. The van der Waals surface area contributed by atoms with Crippen molar-refractivity contribution in [2.45, 2.75) is 84.6 Å². The molecule has 0 aromatic heterocycles. The normalized spacial score (nSPS) is 51.1. The SMILES string of the molecule is C=C/C(=C\C)[C@H]1CCC2C3CCC4C[C@@H](N=O)CC[C@]4(C)C3CC[C@@]21C. The maximum Gasteiger partial charge on any atom is 0.0922 e. The van der Waals surface area contributed by atoms with Crippen molar-refractivity contribution >= 4 is 0 Å². The van der Waals surface area contributed by atoms with Crippen LogP contribution >= 0.6 is 0 Å². The highest BCUT2D eigenvalue weighted by atomic mass is 16.3. The summed E-state index contributed by atoms with van der Waals surface area (Å²) in [4.78, 5) is 11.1. The van der Waals surface area contributed by atoms with E-state index in [1.807, 2.05) is 0 Å². The zero-order chi connectivity index (χ0) is 18.5. The largest absolute Gasteiger partial charge is 0.151 e. The highest BCUT2D eigenvalue weighted by molar-refractivity contribution is 5.25. The van der Waals surface area contributed by atoms with Crippen LogP contribution in [0.5, 0.6) is 0 Å². The summed E-state index contributed by atoms with van der Waals surface area (Å²) in [6, 6.07) is 0.0965. The fourth-order valence-corrected chi connectivity index (χ4v) is 8.34. The van der Waals surface area contributed by atoms with Gasteiger partial charge in [-0.15, -0.1) is 0 Å². The van der Waals surface area contributed by atoms with E-state index in [0.29, 0.717) is 10.8 Å². The maximum atomic E-state index is 11.1. The van der Waals surface area contributed by atoms with Gasteiger partial charge in [0.25, 0.3) is 0 Å².